The molecule has 1 unspecified atom stereocenters. The highest BCUT2D eigenvalue weighted by Gasteiger charge is 2.38. The van der Waals surface area contributed by atoms with Gasteiger partial charge in [0.05, 0.1) is 7.85 Å². The lowest BCUT2D eigenvalue weighted by Crippen LogP contribution is -2.39. The van der Waals surface area contributed by atoms with E-state index < -0.39 is 5.31 Å². The number of nitrogens with one attached hydrogen (secondary N) is 1. The summed E-state index contributed by atoms with van der Waals surface area (Å²) in [6.07, 6.45) is 28.6. The molecule has 1 aromatic heterocycles. The van der Waals surface area contributed by atoms with Crippen LogP contribution in [0.5, 0.6) is 0 Å². The smallest absolute Gasteiger partial charge is 0.0815 e. The lowest BCUT2D eigenvalue weighted by Gasteiger charge is -2.42. The van der Waals surface area contributed by atoms with E-state index in [1.807, 2.05) is 0 Å². The van der Waals surface area contributed by atoms with E-state index in [2.05, 4.69) is 94.9 Å². The van der Waals surface area contributed by atoms with Gasteiger partial charge in [-0.3, -0.25) is 0 Å². The normalized spacial score (nSPS) is 14.2. The average molecular weight is 500 g/mol. The van der Waals surface area contributed by atoms with Crippen LogP contribution in [0.1, 0.15) is 129 Å². The van der Waals surface area contributed by atoms with Crippen LogP contribution in [0.4, 0.5) is 0 Å². The maximum absolute atomic E-state index is 6.99. The Balaban J connectivity index is 1.72. The molecule has 0 amide bonds. The summed E-state index contributed by atoms with van der Waals surface area (Å²) in [6, 6.07) is 6.58. The van der Waals surface area contributed by atoms with E-state index in [9.17, 15) is 0 Å². The minimum absolute atomic E-state index is 0.00691. The molecule has 1 aromatic carbocycles. The number of hydrogen-bond acceptors (Lipinski definition) is 0. The molecule has 2 aromatic rings. The van der Waals surface area contributed by atoms with E-state index in [1.165, 1.54) is 91.8 Å². The van der Waals surface area contributed by atoms with Crippen molar-refractivity contribution < 1.29 is 0 Å². The molecule has 1 N–H and O–H groups in total. The van der Waals surface area contributed by atoms with E-state index in [-0.39, 0.29) is 5.41 Å². The summed E-state index contributed by atoms with van der Waals surface area (Å²) in [5.74, 6) is 0. The molecule has 37 heavy (non-hydrogen) atoms. The Bertz CT molecular complexity index is 988. The molecule has 2 rings (SSSR count). The SMILES string of the molecule is [B]C(C)(c1c[nH]c2cccc(CC(=C)CCCCCCC/C=C\C/C=C\CCCCC)c12)C(C)(C)CC. The molecule has 0 saturated carbocycles. The first-order chi connectivity index (χ1) is 17.7. The van der Waals surface area contributed by atoms with Gasteiger partial charge < -0.3 is 4.98 Å². The summed E-state index contributed by atoms with van der Waals surface area (Å²) < 4.78 is 0. The molecule has 2 heteroatoms. The van der Waals surface area contributed by atoms with Gasteiger partial charge in [0.1, 0.15) is 0 Å². The summed E-state index contributed by atoms with van der Waals surface area (Å²) in [5, 5.41) is 0.896. The van der Waals surface area contributed by atoms with Crippen molar-refractivity contribution in [2.24, 2.45) is 5.41 Å². The molecule has 202 valence electrons. The Kier molecular flexibility index (Phi) is 13.6. The van der Waals surface area contributed by atoms with Crippen molar-refractivity contribution in [2.45, 2.75) is 130 Å². The van der Waals surface area contributed by atoms with Gasteiger partial charge in [-0.1, -0.05) is 122 Å². The zero-order valence-electron chi connectivity index (χ0n) is 24.8. The number of rotatable bonds is 19. The Morgan fingerprint density at radius 1 is 0.892 bits per heavy atom. The summed E-state index contributed by atoms with van der Waals surface area (Å²) in [4.78, 5) is 3.49. The Morgan fingerprint density at radius 3 is 2.22 bits per heavy atom. The van der Waals surface area contributed by atoms with Crippen LogP contribution in [-0.4, -0.2) is 12.8 Å². The Morgan fingerprint density at radius 2 is 1.54 bits per heavy atom. The number of aromatic amines is 1. The quantitative estimate of drug-likeness (QED) is 0.112. The third-order valence-corrected chi connectivity index (χ3v) is 8.56. The first-order valence-electron chi connectivity index (χ1n) is 15.1. The first-order valence-corrected chi connectivity index (χ1v) is 15.1. The minimum Gasteiger partial charge on any atom is -0.361 e. The monoisotopic (exact) mass is 499 g/mol. The third kappa shape index (κ3) is 9.70. The molecular formula is C35H54BN. The van der Waals surface area contributed by atoms with Crippen LogP contribution in [0, 0.1) is 5.41 Å². The molecule has 1 heterocycles. The van der Waals surface area contributed by atoms with Gasteiger partial charge in [-0.25, -0.2) is 0 Å². The van der Waals surface area contributed by atoms with Crippen molar-refractivity contribution in [3.63, 3.8) is 0 Å². The van der Waals surface area contributed by atoms with Gasteiger partial charge in [-0.05, 0) is 79.3 Å². The van der Waals surface area contributed by atoms with Gasteiger partial charge in [0.2, 0.25) is 0 Å². The van der Waals surface area contributed by atoms with Gasteiger partial charge in [0, 0.05) is 17.1 Å². The fourth-order valence-electron chi connectivity index (χ4n) is 5.09. The lowest BCUT2D eigenvalue weighted by atomic mass is 9.50. The zero-order valence-corrected chi connectivity index (χ0v) is 24.8. The minimum atomic E-state index is -0.405. The lowest BCUT2D eigenvalue weighted by molar-refractivity contribution is 0.252. The highest BCUT2D eigenvalue weighted by molar-refractivity contribution is 6.18. The second-order valence-electron chi connectivity index (χ2n) is 11.9. The predicted octanol–water partition coefficient (Wildman–Crippen LogP) is 10.9. The van der Waals surface area contributed by atoms with Crippen LogP contribution in [0.3, 0.4) is 0 Å². The summed E-state index contributed by atoms with van der Waals surface area (Å²) >= 11 is 0. The predicted molar refractivity (Wildman–Crippen MR) is 168 cm³/mol. The first kappa shape index (κ1) is 31.3. The standard InChI is InChI=1S/C35H54BN/c1-7-9-10-11-12-13-14-15-16-17-18-19-20-21-22-24-29(3)27-30-25-23-26-32-33(30)31(28-37-32)35(6,36)34(4,5)8-2/h12-13,15-16,23,25-26,28,37H,3,7-11,14,17-22,24,27H2,1-2,4-6H3/b13-12-,16-15-. The largest absolute Gasteiger partial charge is 0.361 e. The number of H-pyrrole nitrogens is 1. The molecule has 2 radical (unpaired) electrons. The molecule has 0 spiro atoms. The van der Waals surface area contributed by atoms with Crippen molar-refractivity contribution in [3.05, 3.63) is 72.0 Å². The molecule has 0 aliphatic heterocycles. The van der Waals surface area contributed by atoms with Crippen LogP contribution >= 0.6 is 0 Å². The van der Waals surface area contributed by atoms with Crippen LogP contribution < -0.4 is 0 Å². The van der Waals surface area contributed by atoms with Gasteiger partial charge in [0.15, 0.2) is 0 Å². The molecule has 1 atom stereocenters. The average Bonchev–Trinajstić information content (AvgIpc) is 3.32. The highest BCUT2D eigenvalue weighted by atomic mass is 14.7. The molecule has 1 nitrogen and oxygen atoms in total. The molecule has 0 bridgehead atoms. The molecule has 0 fully saturated rings. The molecule has 0 saturated heterocycles. The zero-order chi connectivity index (χ0) is 27.2. The fraction of sp³-hybridized carbons (Fsp3) is 0.600. The highest BCUT2D eigenvalue weighted by Crippen LogP contribution is 2.44. The number of hydrogen-bond donors (Lipinski definition) is 1. The van der Waals surface area contributed by atoms with Crippen LogP contribution in [0.15, 0.2) is 60.9 Å². The van der Waals surface area contributed by atoms with Crippen molar-refractivity contribution in [1.82, 2.24) is 4.98 Å². The molecular weight excluding hydrogens is 445 g/mol. The fourth-order valence-corrected chi connectivity index (χ4v) is 5.09. The van der Waals surface area contributed by atoms with E-state index in [4.69, 9.17) is 7.85 Å². The van der Waals surface area contributed by atoms with Crippen LogP contribution in [-0.2, 0) is 11.7 Å². The maximum Gasteiger partial charge on any atom is 0.0815 e. The van der Waals surface area contributed by atoms with E-state index in [1.54, 1.807) is 0 Å². The second-order valence-corrected chi connectivity index (χ2v) is 11.9. The summed E-state index contributed by atoms with van der Waals surface area (Å²) in [6.45, 7) is 15.7. The second kappa shape index (κ2) is 16.1. The Labute approximate surface area is 230 Å². The van der Waals surface area contributed by atoms with Crippen molar-refractivity contribution in [1.29, 1.82) is 0 Å². The summed E-state index contributed by atoms with van der Waals surface area (Å²) in [7, 11) is 6.99. The third-order valence-electron chi connectivity index (χ3n) is 8.56. The van der Waals surface area contributed by atoms with Crippen molar-refractivity contribution >= 4 is 18.7 Å². The van der Waals surface area contributed by atoms with Crippen molar-refractivity contribution in [3.8, 4) is 0 Å². The van der Waals surface area contributed by atoms with Gasteiger partial charge in [0.25, 0.3) is 0 Å². The number of fused-ring (bicyclic) bond motifs is 1. The summed E-state index contributed by atoms with van der Waals surface area (Å²) in [5.41, 5.74) is 5.10. The number of benzene rings is 1. The van der Waals surface area contributed by atoms with Crippen LogP contribution in [0.25, 0.3) is 10.9 Å². The van der Waals surface area contributed by atoms with Gasteiger partial charge in [-0.15, -0.1) is 0 Å². The van der Waals surface area contributed by atoms with E-state index >= 15 is 0 Å². The van der Waals surface area contributed by atoms with Crippen molar-refractivity contribution in [2.75, 3.05) is 0 Å². The van der Waals surface area contributed by atoms with E-state index in [0.29, 0.717) is 0 Å². The maximum atomic E-state index is 6.99. The molecule has 0 aliphatic carbocycles. The number of allylic oxidation sites excluding steroid dienone is 5. The Hall–Kier alpha value is -1.96. The number of aromatic nitrogens is 1. The van der Waals surface area contributed by atoms with E-state index in [0.717, 1.165) is 25.7 Å². The number of unbranched alkanes of at least 4 members (excludes halogenated alkanes) is 8. The van der Waals surface area contributed by atoms with Crippen LogP contribution in [0.2, 0.25) is 0 Å². The van der Waals surface area contributed by atoms with Gasteiger partial charge in [-0.2, -0.15) is 0 Å². The molecule has 0 aliphatic rings. The topological polar surface area (TPSA) is 15.8 Å². The van der Waals surface area contributed by atoms with Gasteiger partial charge >= 0.3 is 0 Å².